The van der Waals surface area contributed by atoms with Crippen LogP contribution in [0.1, 0.15) is 33.3 Å². The number of ether oxygens (including phenoxy) is 4. The summed E-state index contributed by atoms with van der Waals surface area (Å²) in [5.41, 5.74) is 0.287. The third kappa shape index (κ3) is 3.69. The van der Waals surface area contributed by atoms with E-state index in [2.05, 4.69) is 12.1 Å². The second-order valence-electron chi connectivity index (χ2n) is 6.85. The third-order valence-electron chi connectivity index (χ3n) is 4.54. The first-order valence-electron chi connectivity index (χ1n) is 7.75. The molecule has 0 aromatic heterocycles. The van der Waals surface area contributed by atoms with Gasteiger partial charge in [-0.25, -0.2) is 0 Å². The summed E-state index contributed by atoms with van der Waals surface area (Å²) in [4.78, 5) is 0. The zero-order valence-electron chi connectivity index (χ0n) is 14.5. The van der Waals surface area contributed by atoms with E-state index in [1.54, 1.807) is 14.2 Å². The van der Waals surface area contributed by atoms with Crippen LogP contribution in [0.15, 0.2) is 30.3 Å². The van der Waals surface area contributed by atoms with Crippen LogP contribution in [0.3, 0.4) is 0 Å². The minimum atomic E-state index is -0.452. The van der Waals surface area contributed by atoms with Crippen LogP contribution in [-0.2, 0) is 25.4 Å². The number of methoxy groups -OCH3 is 2. The Hall–Kier alpha value is -0.940. The molecule has 0 bridgehead atoms. The maximum Gasteiger partial charge on any atom is 0.162 e. The predicted molar refractivity (Wildman–Crippen MR) is 85.9 cm³/mol. The van der Waals surface area contributed by atoms with E-state index in [-0.39, 0.29) is 18.5 Å². The van der Waals surface area contributed by atoms with Crippen LogP contribution >= 0.6 is 0 Å². The second kappa shape index (κ2) is 6.67. The van der Waals surface area contributed by atoms with Gasteiger partial charge in [0.25, 0.3) is 0 Å². The molecular weight excluding hydrogens is 280 g/mol. The molecule has 1 aliphatic rings. The molecule has 1 aromatic carbocycles. The van der Waals surface area contributed by atoms with Gasteiger partial charge in [-0.2, -0.15) is 0 Å². The van der Waals surface area contributed by atoms with Gasteiger partial charge in [0.1, 0.15) is 12.2 Å². The molecule has 0 N–H and O–H groups in total. The van der Waals surface area contributed by atoms with Crippen molar-refractivity contribution < 1.29 is 18.9 Å². The fourth-order valence-electron chi connectivity index (χ4n) is 2.69. The summed E-state index contributed by atoms with van der Waals surface area (Å²) in [5, 5.41) is 0. The van der Waals surface area contributed by atoms with Crippen LogP contribution in [-0.4, -0.2) is 43.9 Å². The molecule has 2 atom stereocenters. The predicted octanol–water partition coefficient (Wildman–Crippen LogP) is 3.19. The molecule has 1 saturated heterocycles. The van der Waals surface area contributed by atoms with Gasteiger partial charge in [0, 0.05) is 20.6 Å². The fourth-order valence-corrected chi connectivity index (χ4v) is 2.69. The summed E-state index contributed by atoms with van der Waals surface area (Å²) < 4.78 is 23.6. The number of hydrogen-bond donors (Lipinski definition) is 0. The minimum Gasteiger partial charge on any atom is -0.376 e. The Labute approximate surface area is 133 Å². The molecule has 1 heterocycles. The lowest BCUT2D eigenvalue weighted by Crippen LogP contribution is -2.53. The normalized spacial score (nSPS) is 23.9. The van der Waals surface area contributed by atoms with Gasteiger partial charge in [0.2, 0.25) is 0 Å². The van der Waals surface area contributed by atoms with Gasteiger partial charge in [0.15, 0.2) is 6.29 Å². The zero-order chi connectivity index (χ0) is 16.4. The van der Waals surface area contributed by atoms with Gasteiger partial charge in [-0.1, -0.05) is 30.3 Å². The molecule has 124 valence electrons. The first-order valence-corrected chi connectivity index (χ1v) is 7.75. The molecule has 2 rings (SSSR count). The topological polar surface area (TPSA) is 36.9 Å². The summed E-state index contributed by atoms with van der Waals surface area (Å²) in [6.07, 6.45) is 0.0385. The lowest BCUT2D eigenvalue weighted by Gasteiger charge is -2.38. The molecule has 0 saturated carbocycles. The molecule has 0 radical (unpaired) electrons. The smallest absolute Gasteiger partial charge is 0.162 e. The summed E-state index contributed by atoms with van der Waals surface area (Å²) >= 11 is 0. The van der Waals surface area contributed by atoms with Crippen molar-refractivity contribution in [2.45, 2.75) is 63.8 Å². The van der Waals surface area contributed by atoms with Crippen molar-refractivity contribution in [3.63, 3.8) is 0 Å². The van der Waals surface area contributed by atoms with Crippen LogP contribution in [0, 0.1) is 0 Å². The van der Waals surface area contributed by atoms with Crippen molar-refractivity contribution in [2.24, 2.45) is 0 Å². The highest BCUT2D eigenvalue weighted by Gasteiger charge is 2.51. The Balaban J connectivity index is 2.17. The van der Waals surface area contributed by atoms with E-state index in [1.807, 2.05) is 45.9 Å². The first-order chi connectivity index (χ1) is 10.3. The lowest BCUT2D eigenvalue weighted by molar-refractivity contribution is -0.132. The van der Waals surface area contributed by atoms with Gasteiger partial charge in [-0.05, 0) is 33.3 Å². The van der Waals surface area contributed by atoms with Crippen molar-refractivity contribution in [3.05, 3.63) is 35.9 Å². The fraction of sp³-hybridized carbons (Fsp3) is 0.667. The van der Waals surface area contributed by atoms with Crippen LogP contribution in [0.4, 0.5) is 0 Å². The van der Waals surface area contributed by atoms with Gasteiger partial charge in [0.05, 0.1) is 11.2 Å². The average Bonchev–Trinajstić information content (AvgIpc) is 2.94. The quantitative estimate of drug-likeness (QED) is 0.809. The zero-order valence-corrected chi connectivity index (χ0v) is 14.5. The van der Waals surface area contributed by atoms with Crippen LogP contribution in [0.5, 0.6) is 0 Å². The van der Waals surface area contributed by atoms with Gasteiger partial charge >= 0.3 is 0 Å². The van der Waals surface area contributed by atoms with E-state index in [0.29, 0.717) is 6.42 Å². The van der Waals surface area contributed by atoms with E-state index in [4.69, 9.17) is 18.9 Å². The first kappa shape index (κ1) is 17.4. The Morgan fingerprint density at radius 3 is 1.73 bits per heavy atom. The Morgan fingerprint density at radius 2 is 1.32 bits per heavy atom. The van der Waals surface area contributed by atoms with E-state index < -0.39 is 11.2 Å². The van der Waals surface area contributed by atoms with Crippen molar-refractivity contribution in [1.82, 2.24) is 0 Å². The maximum absolute atomic E-state index is 6.19. The van der Waals surface area contributed by atoms with Gasteiger partial charge in [-0.3, -0.25) is 0 Å². The van der Waals surface area contributed by atoms with E-state index in [0.717, 1.165) is 0 Å². The molecule has 0 unspecified atom stereocenters. The molecule has 0 spiro atoms. The standard InChI is InChI=1S/C18H28O4/c1-17(2,19-5)15-16(18(3,4)20-6)22-14(21-15)12-13-10-8-7-9-11-13/h7-11,14-16H,12H2,1-6H3/t15-,16-/m1/s1. The van der Waals surface area contributed by atoms with Crippen LogP contribution in [0.25, 0.3) is 0 Å². The molecule has 22 heavy (non-hydrogen) atoms. The third-order valence-corrected chi connectivity index (χ3v) is 4.54. The summed E-state index contributed by atoms with van der Waals surface area (Å²) in [7, 11) is 3.40. The minimum absolute atomic E-state index is 0.193. The highest BCUT2D eigenvalue weighted by Crippen LogP contribution is 2.37. The Morgan fingerprint density at radius 1 is 0.864 bits per heavy atom. The van der Waals surface area contributed by atoms with Crippen molar-refractivity contribution in [1.29, 1.82) is 0 Å². The summed E-state index contributed by atoms with van der Waals surface area (Å²) in [5.74, 6) is 0. The average molecular weight is 308 g/mol. The summed E-state index contributed by atoms with van der Waals surface area (Å²) in [6, 6.07) is 10.2. The molecule has 1 aromatic rings. The largest absolute Gasteiger partial charge is 0.376 e. The highest BCUT2D eigenvalue weighted by atomic mass is 16.7. The van der Waals surface area contributed by atoms with Crippen LogP contribution in [0.2, 0.25) is 0 Å². The molecule has 4 nitrogen and oxygen atoms in total. The monoisotopic (exact) mass is 308 g/mol. The van der Waals surface area contributed by atoms with E-state index in [1.165, 1.54) is 5.56 Å². The molecule has 0 amide bonds. The molecular formula is C18H28O4. The van der Waals surface area contributed by atoms with Crippen molar-refractivity contribution >= 4 is 0 Å². The van der Waals surface area contributed by atoms with E-state index >= 15 is 0 Å². The number of benzene rings is 1. The van der Waals surface area contributed by atoms with Crippen molar-refractivity contribution in [2.75, 3.05) is 14.2 Å². The molecule has 4 heteroatoms. The van der Waals surface area contributed by atoms with Crippen LogP contribution < -0.4 is 0 Å². The second-order valence-corrected chi connectivity index (χ2v) is 6.85. The van der Waals surface area contributed by atoms with E-state index in [9.17, 15) is 0 Å². The highest BCUT2D eigenvalue weighted by molar-refractivity contribution is 5.15. The number of rotatable bonds is 6. The lowest BCUT2D eigenvalue weighted by atomic mass is 9.87. The van der Waals surface area contributed by atoms with Crippen molar-refractivity contribution in [3.8, 4) is 0 Å². The van der Waals surface area contributed by atoms with Gasteiger partial charge in [-0.15, -0.1) is 0 Å². The SMILES string of the molecule is COC(C)(C)[C@@H]1OC(Cc2ccccc2)O[C@H]1C(C)(C)OC. The Bertz CT molecular complexity index is 445. The number of hydrogen-bond acceptors (Lipinski definition) is 4. The molecule has 1 fully saturated rings. The summed E-state index contributed by atoms with van der Waals surface area (Å²) in [6.45, 7) is 8.07. The molecule has 0 aliphatic carbocycles. The maximum atomic E-state index is 6.19. The van der Waals surface area contributed by atoms with Gasteiger partial charge < -0.3 is 18.9 Å². The molecule has 1 aliphatic heterocycles. The Kier molecular flexibility index (Phi) is 5.28.